The van der Waals surface area contributed by atoms with Crippen LogP contribution in [-0.4, -0.2) is 47.5 Å². The van der Waals surface area contributed by atoms with Crippen LogP contribution in [0.5, 0.6) is 5.75 Å². The number of rotatable bonds is 7. The molecule has 0 aliphatic carbocycles. The van der Waals surface area contributed by atoms with Gasteiger partial charge < -0.3 is 14.0 Å². The Kier molecular flexibility index (Phi) is 5.62. The van der Waals surface area contributed by atoms with Crippen LogP contribution < -0.4 is 16.2 Å². The average molecular weight is 396 g/mol. The second kappa shape index (κ2) is 8.48. The minimum absolute atomic E-state index is 0.0560. The fourth-order valence-electron chi connectivity index (χ4n) is 3.67. The summed E-state index contributed by atoms with van der Waals surface area (Å²) in [5.74, 6) is 2.24. The number of hydrogen-bond donors (Lipinski definition) is 2. The van der Waals surface area contributed by atoms with E-state index in [2.05, 4.69) is 16.2 Å². The van der Waals surface area contributed by atoms with E-state index in [1.807, 2.05) is 34.9 Å². The van der Waals surface area contributed by atoms with Gasteiger partial charge in [-0.25, -0.2) is 0 Å². The van der Waals surface area contributed by atoms with Crippen LogP contribution in [0.1, 0.15) is 31.2 Å². The third kappa shape index (κ3) is 4.17. The van der Waals surface area contributed by atoms with Gasteiger partial charge in [0.1, 0.15) is 5.75 Å². The summed E-state index contributed by atoms with van der Waals surface area (Å²) < 4.78 is 18.2. The van der Waals surface area contributed by atoms with Gasteiger partial charge in [-0.1, -0.05) is 23.4 Å². The van der Waals surface area contributed by atoms with Crippen LogP contribution in [0.2, 0.25) is 0 Å². The molecular weight excluding hydrogens is 370 g/mol. The molecule has 152 valence electrons. The highest BCUT2D eigenvalue weighted by atomic mass is 16.5. The van der Waals surface area contributed by atoms with Gasteiger partial charge in [0.05, 0.1) is 13.2 Å². The Bertz CT molecular complexity index is 1030. The molecule has 3 aromatic rings. The first-order valence-electron chi connectivity index (χ1n) is 9.80. The molecule has 2 heterocycles. The Morgan fingerprint density at radius 3 is 2.83 bits per heavy atom. The lowest BCUT2D eigenvalue weighted by Crippen LogP contribution is -2.35. The minimum Gasteiger partial charge on any atom is -0.493 e. The summed E-state index contributed by atoms with van der Waals surface area (Å²) >= 11 is 0. The third-order valence-electron chi connectivity index (χ3n) is 5.14. The van der Waals surface area contributed by atoms with Crippen molar-refractivity contribution in [3.05, 3.63) is 42.3 Å². The van der Waals surface area contributed by atoms with E-state index in [0.717, 1.165) is 47.9 Å². The Labute approximate surface area is 169 Å². The van der Waals surface area contributed by atoms with Gasteiger partial charge >= 0.3 is 5.96 Å². The molecule has 1 fully saturated rings. The van der Waals surface area contributed by atoms with Crippen LogP contribution in [0.25, 0.3) is 22.2 Å². The zero-order chi connectivity index (χ0) is 20.2. The average Bonchev–Trinajstić information content (AvgIpc) is 3.40. The summed E-state index contributed by atoms with van der Waals surface area (Å²) in [5.41, 5.74) is 12.5. The van der Waals surface area contributed by atoms with Gasteiger partial charge in [-0.05, 0) is 41.8 Å². The van der Waals surface area contributed by atoms with Crippen LogP contribution in [0.15, 0.2) is 40.9 Å². The maximum absolute atomic E-state index is 5.78. The quantitative estimate of drug-likeness (QED) is 0.358. The summed E-state index contributed by atoms with van der Waals surface area (Å²) in [4.78, 5) is 4.60. The lowest BCUT2D eigenvalue weighted by molar-refractivity contribution is -0.555. The Morgan fingerprint density at radius 1 is 1.17 bits per heavy atom. The molecule has 29 heavy (non-hydrogen) atoms. The second-order valence-electron chi connectivity index (χ2n) is 7.15. The summed E-state index contributed by atoms with van der Waals surface area (Å²) in [5, 5.41) is 6.34. The number of methoxy groups -OCH3 is 1. The largest absolute Gasteiger partial charge is 0.493 e. The van der Waals surface area contributed by atoms with Crippen LogP contribution in [0.3, 0.4) is 0 Å². The molecule has 0 unspecified atom stereocenters. The van der Waals surface area contributed by atoms with E-state index >= 15 is 0 Å². The van der Waals surface area contributed by atoms with Crippen molar-refractivity contribution >= 4 is 16.7 Å². The van der Waals surface area contributed by atoms with E-state index in [1.165, 1.54) is 0 Å². The number of benzene rings is 2. The number of guanidine groups is 1. The molecule has 1 aromatic heterocycles. The molecule has 1 aliphatic heterocycles. The number of ether oxygens (including phenoxy) is 2. The number of nitrogens with two attached hydrogens (primary N) is 2. The molecule has 4 rings (SSSR count). The predicted molar refractivity (Wildman–Crippen MR) is 110 cm³/mol. The van der Waals surface area contributed by atoms with Crippen molar-refractivity contribution in [2.75, 3.05) is 26.9 Å². The van der Waals surface area contributed by atoms with Gasteiger partial charge in [-0.3, -0.25) is 16.0 Å². The van der Waals surface area contributed by atoms with Crippen molar-refractivity contribution in [3.8, 4) is 17.1 Å². The van der Waals surface area contributed by atoms with Crippen molar-refractivity contribution < 1.29 is 18.6 Å². The van der Waals surface area contributed by atoms with Crippen LogP contribution in [-0.2, 0) is 4.74 Å². The number of nitrogens with zero attached hydrogens (tertiary/aromatic N) is 3. The lowest BCUT2D eigenvalue weighted by Gasteiger charge is -2.08. The molecule has 4 N–H and O–H groups in total. The number of fused-ring (bicyclic) bond motifs is 1. The molecule has 0 saturated carbocycles. The van der Waals surface area contributed by atoms with Crippen molar-refractivity contribution in [1.29, 1.82) is 0 Å². The molecule has 0 radical (unpaired) electrons. The van der Waals surface area contributed by atoms with Gasteiger partial charge in [0.25, 0.3) is 5.89 Å². The minimum atomic E-state index is -0.0560. The third-order valence-corrected chi connectivity index (χ3v) is 5.14. The van der Waals surface area contributed by atoms with Gasteiger partial charge in [-0.2, -0.15) is 4.98 Å². The highest BCUT2D eigenvalue weighted by Gasteiger charge is 2.31. The number of aromatic nitrogens is 2. The van der Waals surface area contributed by atoms with Crippen LogP contribution in [0.4, 0.5) is 0 Å². The van der Waals surface area contributed by atoms with Crippen molar-refractivity contribution in [3.63, 3.8) is 0 Å². The summed E-state index contributed by atoms with van der Waals surface area (Å²) in [7, 11) is 1.69. The molecule has 1 aliphatic rings. The molecule has 0 amide bonds. The van der Waals surface area contributed by atoms with E-state index in [-0.39, 0.29) is 12.0 Å². The summed E-state index contributed by atoms with van der Waals surface area (Å²) in [6.07, 6.45) is 2.75. The van der Waals surface area contributed by atoms with Crippen molar-refractivity contribution in [1.82, 2.24) is 10.1 Å². The fourth-order valence-corrected chi connectivity index (χ4v) is 3.67. The first-order valence-corrected chi connectivity index (χ1v) is 9.80. The highest BCUT2D eigenvalue weighted by Crippen LogP contribution is 2.30. The van der Waals surface area contributed by atoms with E-state index in [1.54, 1.807) is 7.11 Å². The van der Waals surface area contributed by atoms with Crippen molar-refractivity contribution in [2.24, 2.45) is 11.5 Å². The zero-order valence-electron chi connectivity index (χ0n) is 16.5. The summed E-state index contributed by atoms with van der Waals surface area (Å²) in [6, 6.07) is 12.1. The molecule has 1 atom stereocenters. The van der Waals surface area contributed by atoms with Crippen molar-refractivity contribution in [2.45, 2.75) is 25.3 Å². The van der Waals surface area contributed by atoms with E-state index in [0.29, 0.717) is 24.9 Å². The predicted octanol–water partition coefficient (Wildman–Crippen LogP) is 2.43. The van der Waals surface area contributed by atoms with Gasteiger partial charge in [0, 0.05) is 25.7 Å². The first kappa shape index (κ1) is 19.2. The molecule has 2 aromatic carbocycles. The van der Waals surface area contributed by atoms with Gasteiger partial charge in [0.15, 0.2) is 6.04 Å². The van der Waals surface area contributed by atoms with Crippen LogP contribution in [0, 0.1) is 0 Å². The van der Waals surface area contributed by atoms with Gasteiger partial charge in [0.2, 0.25) is 5.82 Å². The molecule has 0 spiro atoms. The zero-order valence-corrected chi connectivity index (χ0v) is 16.5. The monoisotopic (exact) mass is 396 g/mol. The van der Waals surface area contributed by atoms with E-state index in [4.69, 9.17) is 25.5 Å². The Morgan fingerprint density at radius 2 is 2.00 bits per heavy atom. The first-order chi connectivity index (χ1) is 14.2. The normalized spacial score (nSPS) is 16.4. The maximum atomic E-state index is 5.78. The van der Waals surface area contributed by atoms with E-state index < -0.39 is 0 Å². The Hall–Kier alpha value is -3.13. The number of hydrogen-bond acceptors (Lipinski definition) is 5. The summed E-state index contributed by atoms with van der Waals surface area (Å²) in [6.45, 7) is 2.13. The second-order valence-corrected chi connectivity index (χ2v) is 7.15. The van der Waals surface area contributed by atoms with Gasteiger partial charge in [-0.15, -0.1) is 0 Å². The topological polar surface area (TPSA) is 112 Å². The molecule has 8 nitrogen and oxygen atoms in total. The fraction of sp³-hybridized carbons (Fsp3) is 0.381. The molecular formula is C21H26N5O3+. The molecule has 8 heteroatoms. The van der Waals surface area contributed by atoms with E-state index in [9.17, 15) is 0 Å². The SMILES string of the molecule is COCCCOc1ccc2cc(-c3noc([C@@H]4CCC[N+]4=C(N)N)n3)ccc2c1. The maximum Gasteiger partial charge on any atom is 0.341 e. The van der Waals surface area contributed by atoms with Crippen LogP contribution >= 0.6 is 0 Å². The standard InChI is InChI=1S/C21H25N5O3/c1-27-10-3-11-28-17-8-7-14-12-16(6-5-15(14)13-17)19-24-20(29-25-19)18-4-2-9-26(18)21(22)23/h5-8,12-13,18H,2-4,9-11H2,1H3,(H3,22,23)/p+1/t18-/m0/s1. The molecule has 0 bridgehead atoms. The smallest absolute Gasteiger partial charge is 0.341 e. The highest BCUT2D eigenvalue weighted by molar-refractivity contribution is 5.87. The Balaban J connectivity index is 1.53. The molecule has 1 saturated heterocycles. The lowest BCUT2D eigenvalue weighted by atomic mass is 10.1.